The molecule has 1 aliphatic heterocycles. The summed E-state index contributed by atoms with van der Waals surface area (Å²) in [6, 6.07) is 31.7. The van der Waals surface area contributed by atoms with Crippen molar-refractivity contribution in [3.05, 3.63) is 120 Å². The van der Waals surface area contributed by atoms with Gasteiger partial charge in [0.2, 0.25) is 5.91 Å². The van der Waals surface area contributed by atoms with Gasteiger partial charge in [-0.05, 0) is 67.0 Å². The minimum absolute atomic E-state index is 0.0748. The minimum atomic E-state index is -0.250. The van der Waals surface area contributed by atoms with E-state index in [0.717, 1.165) is 37.9 Å². The molecule has 2 aromatic heterocycles. The topological polar surface area (TPSA) is 70.4 Å². The van der Waals surface area contributed by atoms with Crippen molar-refractivity contribution in [1.29, 1.82) is 0 Å². The molecular formula is C32H28N4O2S2. The number of carbonyl (C=O) groups excluding carboxylic acids is 1. The van der Waals surface area contributed by atoms with Crippen molar-refractivity contribution < 1.29 is 9.21 Å². The Morgan fingerprint density at radius 1 is 1.00 bits per heavy atom. The van der Waals surface area contributed by atoms with Gasteiger partial charge in [0, 0.05) is 35.1 Å². The van der Waals surface area contributed by atoms with Crippen molar-refractivity contribution >= 4 is 51.5 Å². The highest BCUT2D eigenvalue weighted by Gasteiger charge is 2.41. The smallest absolute Gasteiger partial charge is 0.226 e. The summed E-state index contributed by atoms with van der Waals surface area (Å²) < 4.78 is 6.38. The molecule has 0 aliphatic carbocycles. The fourth-order valence-electron chi connectivity index (χ4n) is 5.00. The van der Waals surface area contributed by atoms with Crippen molar-refractivity contribution in [3.63, 3.8) is 0 Å². The second-order valence-corrected chi connectivity index (χ2v) is 11.2. The summed E-state index contributed by atoms with van der Waals surface area (Å²) >= 11 is 7.35. The highest BCUT2D eigenvalue weighted by molar-refractivity contribution is 7.99. The van der Waals surface area contributed by atoms with Crippen molar-refractivity contribution in [2.24, 2.45) is 0 Å². The molecule has 200 valence electrons. The molecule has 0 saturated carbocycles. The maximum Gasteiger partial charge on any atom is 0.226 e. The third kappa shape index (κ3) is 5.59. The molecule has 8 heteroatoms. The van der Waals surface area contributed by atoms with Crippen molar-refractivity contribution in [2.45, 2.75) is 35.4 Å². The van der Waals surface area contributed by atoms with E-state index in [9.17, 15) is 4.79 Å². The van der Waals surface area contributed by atoms with E-state index in [2.05, 4.69) is 46.8 Å². The van der Waals surface area contributed by atoms with Gasteiger partial charge in [0.25, 0.3) is 0 Å². The molecule has 1 amide bonds. The quantitative estimate of drug-likeness (QED) is 0.192. The number of thiocarbonyl (C=S) groups is 1. The van der Waals surface area contributed by atoms with Gasteiger partial charge in [-0.3, -0.25) is 9.78 Å². The number of anilines is 1. The van der Waals surface area contributed by atoms with Crippen LogP contribution >= 0.6 is 24.0 Å². The molecule has 0 radical (unpaired) electrons. The van der Waals surface area contributed by atoms with Crippen LogP contribution in [0.15, 0.2) is 118 Å². The van der Waals surface area contributed by atoms with Gasteiger partial charge >= 0.3 is 0 Å². The monoisotopic (exact) mass is 564 g/mol. The minimum Gasteiger partial charge on any atom is -0.452 e. The Hall–Kier alpha value is -4.14. The predicted octanol–water partition coefficient (Wildman–Crippen LogP) is 7.29. The van der Waals surface area contributed by atoms with Crippen LogP contribution in [0.2, 0.25) is 0 Å². The normalized spacial score (nSPS) is 16.7. The zero-order valence-electron chi connectivity index (χ0n) is 21.9. The number of carbonyl (C=O) groups is 1. The number of hydrogen-bond donors (Lipinski definition) is 2. The number of aromatic nitrogens is 1. The molecule has 2 N–H and O–H groups in total. The highest BCUT2D eigenvalue weighted by Crippen LogP contribution is 2.41. The Bertz CT molecular complexity index is 1650. The number of pyridine rings is 1. The van der Waals surface area contributed by atoms with Crippen LogP contribution in [0, 0.1) is 6.92 Å². The Labute approximate surface area is 242 Å². The number of hydrogen-bond acceptors (Lipinski definition) is 5. The number of benzene rings is 3. The molecule has 40 heavy (non-hydrogen) atoms. The number of aryl methyl sites for hydroxylation is 1. The Morgan fingerprint density at radius 3 is 2.62 bits per heavy atom. The van der Waals surface area contributed by atoms with Gasteiger partial charge in [0.1, 0.15) is 11.8 Å². The van der Waals surface area contributed by atoms with Crippen LogP contribution in [0.3, 0.4) is 0 Å². The van der Waals surface area contributed by atoms with E-state index >= 15 is 0 Å². The van der Waals surface area contributed by atoms with Gasteiger partial charge in [0.15, 0.2) is 10.2 Å². The fraction of sp³-hybridized carbons (Fsp3) is 0.156. The predicted molar refractivity (Wildman–Crippen MR) is 163 cm³/mol. The summed E-state index contributed by atoms with van der Waals surface area (Å²) in [6.45, 7) is 2.50. The lowest BCUT2D eigenvalue weighted by Gasteiger charge is -2.25. The lowest BCUT2D eigenvalue weighted by molar-refractivity contribution is -0.116. The van der Waals surface area contributed by atoms with Crippen LogP contribution in [0.4, 0.5) is 5.69 Å². The number of furan rings is 1. The molecule has 2 atom stereocenters. The second kappa shape index (κ2) is 11.5. The van der Waals surface area contributed by atoms with Crippen LogP contribution in [0.1, 0.15) is 35.5 Å². The van der Waals surface area contributed by atoms with Gasteiger partial charge in [0.05, 0.1) is 11.7 Å². The van der Waals surface area contributed by atoms with Gasteiger partial charge in [-0.1, -0.05) is 71.9 Å². The summed E-state index contributed by atoms with van der Waals surface area (Å²) in [7, 11) is 0. The first-order chi connectivity index (χ1) is 19.5. The maximum absolute atomic E-state index is 13.1. The van der Waals surface area contributed by atoms with Crippen LogP contribution < -0.4 is 10.6 Å². The molecular weight excluding hydrogens is 537 g/mol. The summed E-state index contributed by atoms with van der Waals surface area (Å²) in [6.07, 6.45) is 2.04. The molecule has 0 unspecified atom stereocenters. The second-order valence-electron chi connectivity index (χ2n) is 9.72. The van der Waals surface area contributed by atoms with Gasteiger partial charge in [-0.25, -0.2) is 0 Å². The number of nitrogens with zero attached hydrogens (tertiary/aromatic N) is 2. The molecule has 3 heterocycles. The summed E-state index contributed by atoms with van der Waals surface area (Å²) in [5, 5.41) is 9.98. The van der Waals surface area contributed by atoms with E-state index in [1.165, 1.54) is 5.56 Å². The summed E-state index contributed by atoms with van der Waals surface area (Å²) in [5.41, 5.74) is 2.88. The average Bonchev–Trinajstić information content (AvgIpc) is 3.57. The van der Waals surface area contributed by atoms with Crippen LogP contribution in [-0.2, 0) is 4.79 Å². The molecule has 6 rings (SSSR count). The first kappa shape index (κ1) is 26.1. The van der Waals surface area contributed by atoms with E-state index < -0.39 is 0 Å². The lowest BCUT2D eigenvalue weighted by Crippen LogP contribution is -2.32. The zero-order valence-corrected chi connectivity index (χ0v) is 23.5. The molecule has 1 saturated heterocycles. The van der Waals surface area contributed by atoms with Crippen molar-refractivity contribution in [3.8, 4) is 0 Å². The largest absolute Gasteiger partial charge is 0.452 e. The SMILES string of the molecule is Cc1ccc(Sc2ccc([C@H]3[C@H](c4ccccn4)NC(=S)N3CCC(=O)Nc3cccc4ccccc34)o2)cc1. The van der Waals surface area contributed by atoms with E-state index in [-0.39, 0.29) is 24.4 Å². The van der Waals surface area contributed by atoms with Crippen LogP contribution in [0.5, 0.6) is 0 Å². The molecule has 6 nitrogen and oxygen atoms in total. The molecule has 1 aliphatic rings. The van der Waals surface area contributed by atoms with Crippen LogP contribution in [0.25, 0.3) is 10.8 Å². The highest BCUT2D eigenvalue weighted by atomic mass is 32.2. The van der Waals surface area contributed by atoms with Crippen molar-refractivity contribution in [2.75, 3.05) is 11.9 Å². The van der Waals surface area contributed by atoms with Gasteiger partial charge < -0.3 is 20.0 Å². The third-order valence-corrected chi connectivity index (χ3v) is 8.26. The van der Waals surface area contributed by atoms with Gasteiger partial charge in [-0.15, -0.1) is 0 Å². The van der Waals surface area contributed by atoms with Crippen molar-refractivity contribution in [1.82, 2.24) is 15.2 Å². The molecule has 1 fully saturated rings. The summed E-state index contributed by atoms with van der Waals surface area (Å²) in [5.74, 6) is 0.696. The first-order valence-electron chi connectivity index (χ1n) is 13.1. The Kier molecular flexibility index (Phi) is 7.53. The molecule has 5 aromatic rings. The Balaban J connectivity index is 1.22. The summed E-state index contributed by atoms with van der Waals surface area (Å²) in [4.78, 5) is 20.8. The maximum atomic E-state index is 13.1. The average molecular weight is 565 g/mol. The number of amides is 1. The number of rotatable bonds is 8. The van der Waals surface area contributed by atoms with E-state index in [0.29, 0.717) is 11.7 Å². The zero-order chi connectivity index (χ0) is 27.5. The fourth-order valence-corrected chi connectivity index (χ4v) is 6.11. The number of nitrogens with one attached hydrogen (secondary N) is 2. The standard InChI is InChI=1S/C32H28N4O2S2/c1-21-12-14-23(15-13-21)40-29-17-16-27(38-29)31-30(26-10-4-5-19-33-26)35-32(39)36(31)20-18-28(37)34-25-11-6-8-22-7-2-3-9-24(22)25/h2-17,19,30-31H,18,20H2,1H3,(H,34,37)(H,35,39)/t30-,31-/m0/s1. The van der Waals surface area contributed by atoms with E-state index in [4.69, 9.17) is 16.6 Å². The van der Waals surface area contributed by atoms with E-state index in [1.807, 2.05) is 77.7 Å². The molecule has 3 aromatic carbocycles. The number of fused-ring (bicyclic) bond motifs is 1. The van der Waals surface area contributed by atoms with E-state index in [1.54, 1.807) is 18.0 Å². The lowest BCUT2D eigenvalue weighted by atomic mass is 10.0. The first-order valence-corrected chi connectivity index (χ1v) is 14.4. The third-order valence-electron chi connectivity index (χ3n) is 6.97. The Morgan fingerprint density at radius 2 is 1.80 bits per heavy atom. The van der Waals surface area contributed by atoms with Crippen LogP contribution in [-0.4, -0.2) is 27.4 Å². The molecule has 0 bridgehead atoms. The van der Waals surface area contributed by atoms with Gasteiger partial charge in [-0.2, -0.15) is 0 Å². The molecule has 0 spiro atoms.